The van der Waals surface area contributed by atoms with Crippen molar-refractivity contribution in [3.63, 3.8) is 0 Å². The first-order valence-corrected chi connectivity index (χ1v) is 7.02. The number of fused-ring (bicyclic) bond motifs is 1. The van der Waals surface area contributed by atoms with E-state index in [9.17, 15) is 0 Å². The molecule has 2 aromatic rings. The molecule has 1 aromatic carbocycles. The summed E-state index contributed by atoms with van der Waals surface area (Å²) in [5.74, 6) is 0. The summed E-state index contributed by atoms with van der Waals surface area (Å²) in [5, 5.41) is 0. The minimum atomic E-state index is 0.452. The van der Waals surface area contributed by atoms with Crippen LogP contribution >= 0.6 is 0 Å². The highest BCUT2D eigenvalue weighted by Crippen LogP contribution is 2.30. The van der Waals surface area contributed by atoms with Crippen LogP contribution in [-0.4, -0.2) is 4.57 Å². The van der Waals surface area contributed by atoms with Crippen LogP contribution in [0.5, 0.6) is 0 Å². The molecule has 0 bridgehead atoms. The van der Waals surface area contributed by atoms with Gasteiger partial charge in [0.05, 0.1) is 6.04 Å². The quantitative estimate of drug-likeness (QED) is 0.737. The fraction of sp³-hybridized carbons (Fsp3) is 0.412. The van der Waals surface area contributed by atoms with Gasteiger partial charge in [0.2, 0.25) is 0 Å². The summed E-state index contributed by atoms with van der Waals surface area (Å²) in [5.41, 5.74) is 5.99. The molecule has 1 aromatic heterocycles. The fourth-order valence-electron chi connectivity index (χ4n) is 3.30. The second-order valence-electron chi connectivity index (χ2n) is 5.42. The van der Waals surface area contributed by atoms with E-state index in [1.54, 1.807) is 11.3 Å². The Bertz CT molecular complexity index is 536. The van der Waals surface area contributed by atoms with E-state index in [1.807, 2.05) is 0 Å². The number of hydrogen-bond donors (Lipinski definition) is 0. The van der Waals surface area contributed by atoms with Crippen LogP contribution in [0.2, 0.25) is 0 Å². The van der Waals surface area contributed by atoms with Crippen molar-refractivity contribution in [3.8, 4) is 0 Å². The van der Waals surface area contributed by atoms with Crippen LogP contribution in [-0.2, 0) is 12.8 Å². The first-order chi connectivity index (χ1) is 8.77. The smallest absolute Gasteiger partial charge is 0.0557 e. The summed E-state index contributed by atoms with van der Waals surface area (Å²) >= 11 is 0. The molecule has 1 unspecified atom stereocenters. The number of aromatic nitrogens is 1. The Balaban J connectivity index is 2.04. The van der Waals surface area contributed by atoms with Crippen LogP contribution in [0.25, 0.3) is 0 Å². The normalized spacial score (nSPS) is 16.3. The zero-order valence-corrected chi connectivity index (χ0v) is 11.3. The largest absolute Gasteiger partial charge is 0.342 e. The zero-order chi connectivity index (χ0) is 12.5. The van der Waals surface area contributed by atoms with Gasteiger partial charge in [-0.3, -0.25) is 0 Å². The summed E-state index contributed by atoms with van der Waals surface area (Å²) in [6.45, 7) is 4.56. The molecule has 0 N–H and O–H groups in total. The number of nitrogens with zero attached hydrogens (tertiary/aromatic N) is 1. The van der Waals surface area contributed by atoms with E-state index in [0.717, 1.165) is 0 Å². The summed E-state index contributed by atoms with van der Waals surface area (Å²) in [6.07, 6.45) is 5.22. The molecule has 1 nitrogen and oxygen atoms in total. The highest BCUT2D eigenvalue weighted by Gasteiger charge is 2.20. The maximum absolute atomic E-state index is 2.55. The summed E-state index contributed by atoms with van der Waals surface area (Å²) < 4.78 is 2.55. The number of hydrogen-bond acceptors (Lipinski definition) is 0. The molecule has 1 aliphatic rings. The zero-order valence-electron chi connectivity index (χ0n) is 11.3. The maximum Gasteiger partial charge on any atom is 0.0557 e. The molecule has 1 atom stereocenters. The number of aryl methyl sites for hydroxylation is 2. The van der Waals surface area contributed by atoms with E-state index >= 15 is 0 Å². The molecular weight excluding hydrogens is 218 g/mol. The third kappa shape index (κ3) is 1.88. The van der Waals surface area contributed by atoms with Crippen LogP contribution < -0.4 is 0 Å². The van der Waals surface area contributed by atoms with Crippen molar-refractivity contribution in [1.29, 1.82) is 0 Å². The van der Waals surface area contributed by atoms with Crippen molar-refractivity contribution in [2.24, 2.45) is 0 Å². The molecule has 0 spiro atoms. The van der Waals surface area contributed by atoms with Crippen molar-refractivity contribution < 1.29 is 0 Å². The maximum atomic E-state index is 2.55. The Morgan fingerprint density at radius 1 is 1.06 bits per heavy atom. The van der Waals surface area contributed by atoms with Gasteiger partial charge in [0.25, 0.3) is 0 Å². The van der Waals surface area contributed by atoms with Gasteiger partial charge in [-0.2, -0.15) is 0 Å². The molecule has 0 aliphatic heterocycles. The predicted molar refractivity (Wildman–Crippen MR) is 76.1 cm³/mol. The van der Waals surface area contributed by atoms with Gasteiger partial charge < -0.3 is 4.57 Å². The first kappa shape index (κ1) is 11.6. The molecular formula is C17H21N. The van der Waals surface area contributed by atoms with Gasteiger partial charge in [-0.25, -0.2) is 0 Å². The van der Waals surface area contributed by atoms with Crippen molar-refractivity contribution in [1.82, 2.24) is 4.57 Å². The van der Waals surface area contributed by atoms with E-state index in [-0.39, 0.29) is 0 Å². The second-order valence-corrected chi connectivity index (χ2v) is 5.42. The lowest BCUT2D eigenvalue weighted by Crippen LogP contribution is -2.14. The van der Waals surface area contributed by atoms with Gasteiger partial charge in [-0.15, -0.1) is 0 Å². The molecule has 1 aliphatic carbocycles. The molecule has 0 radical (unpaired) electrons. The van der Waals surface area contributed by atoms with Gasteiger partial charge in [-0.05, 0) is 56.7 Å². The van der Waals surface area contributed by atoms with Crippen molar-refractivity contribution in [2.45, 2.75) is 45.6 Å². The second kappa shape index (κ2) is 4.64. The highest BCUT2D eigenvalue weighted by molar-refractivity contribution is 5.33. The van der Waals surface area contributed by atoms with Crippen LogP contribution in [0.1, 0.15) is 48.3 Å². The molecule has 0 fully saturated rings. The molecule has 0 saturated heterocycles. The van der Waals surface area contributed by atoms with Crippen molar-refractivity contribution in [3.05, 3.63) is 58.9 Å². The molecule has 3 rings (SSSR count). The monoisotopic (exact) mass is 239 g/mol. The lowest BCUT2D eigenvalue weighted by atomic mass is 9.97. The van der Waals surface area contributed by atoms with Gasteiger partial charge in [0.1, 0.15) is 0 Å². The van der Waals surface area contributed by atoms with E-state index in [2.05, 4.69) is 54.8 Å². The Morgan fingerprint density at radius 2 is 1.78 bits per heavy atom. The minimum Gasteiger partial charge on any atom is -0.342 e. The summed E-state index contributed by atoms with van der Waals surface area (Å²) in [6, 6.07) is 13.7. The van der Waals surface area contributed by atoms with Crippen molar-refractivity contribution in [2.75, 3.05) is 0 Å². The number of benzene rings is 1. The van der Waals surface area contributed by atoms with E-state index < -0.39 is 0 Å². The average Bonchev–Trinajstić information content (AvgIpc) is 2.75. The first-order valence-electron chi connectivity index (χ1n) is 7.02. The SMILES string of the molecule is Cc1cc2c(n1C(C)c1ccccc1)CCCC2. The Morgan fingerprint density at radius 3 is 2.56 bits per heavy atom. The molecule has 0 saturated carbocycles. The molecule has 0 amide bonds. The average molecular weight is 239 g/mol. The van der Waals surface area contributed by atoms with Crippen molar-refractivity contribution >= 4 is 0 Å². The van der Waals surface area contributed by atoms with Crippen LogP contribution in [0.15, 0.2) is 36.4 Å². The van der Waals surface area contributed by atoms with Gasteiger partial charge in [-0.1, -0.05) is 30.3 Å². The number of rotatable bonds is 2. The van der Waals surface area contributed by atoms with E-state index in [0.29, 0.717) is 6.04 Å². The Hall–Kier alpha value is -1.50. The lowest BCUT2D eigenvalue weighted by Gasteiger charge is -2.22. The van der Waals surface area contributed by atoms with E-state index in [1.165, 1.54) is 36.9 Å². The van der Waals surface area contributed by atoms with Gasteiger partial charge >= 0.3 is 0 Å². The fourth-order valence-corrected chi connectivity index (χ4v) is 3.30. The molecule has 1 heterocycles. The highest BCUT2D eigenvalue weighted by atomic mass is 15.0. The lowest BCUT2D eigenvalue weighted by molar-refractivity contribution is 0.563. The molecule has 94 valence electrons. The standard InChI is InChI=1S/C17H21N/c1-13-12-16-10-6-7-11-17(16)18(13)14(2)15-8-4-3-5-9-15/h3-5,8-9,12,14H,6-7,10-11H2,1-2H3. The van der Waals surface area contributed by atoms with Crippen LogP contribution in [0, 0.1) is 6.92 Å². The topological polar surface area (TPSA) is 4.93 Å². The summed E-state index contributed by atoms with van der Waals surface area (Å²) in [7, 11) is 0. The predicted octanol–water partition coefficient (Wildman–Crippen LogP) is 4.28. The van der Waals surface area contributed by atoms with Gasteiger partial charge in [0, 0.05) is 11.4 Å². The Kier molecular flexibility index (Phi) is 2.99. The van der Waals surface area contributed by atoms with E-state index in [4.69, 9.17) is 0 Å². The molecule has 18 heavy (non-hydrogen) atoms. The molecule has 1 heteroatoms. The van der Waals surface area contributed by atoms with Gasteiger partial charge in [0.15, 0.2) is 0 Å². The Labute approximate surface area is 109 Å². The summed E-state index contributed by atoms with van der Waals surface area (Å²) in [4.78, 5) is 0. The van der Waals surface area contributed by atoms with Crippen LogP contribution in [0.3, 0.4) is 0 Å². The minimum absolute atomic E-state index is 0.452. The van der Waals surface area contributed by atoms with Crippen LogP contribution in [0.4, 0.5) is 0 Å². The third-order valence-corrected chi connectivity index (χ3v) is 4.20. The third-order valence-electron chi connectivity index (χ3n) is 4.20.